The van der Waals surface area contributed by atoms with Gasteiger partial charge in [-0.25, -0.2) is 0 Å². The van der Waals surface area contributed by atoms with Gasteiger partial charge in [-0.2, -0.15) is 0 Å². The molecule has 0 saturated carbocycles. The number of ether oxygens (including phenoxy) is 6. The summed E-state index contributed by atoms with van der Waals surface area (Å²) in [6.45, 7) is 3.60. The van der Waals surface area contributed by atoms with Crippen LogP contribution in [0.4, 0.5) is 0 Å². The highest BCUT2D eigenvalue weighted by Gasteiger charge is 2.67. The first kappa shape index (κ1) is 24.0. The Morgan fingerprint density at radius 2 is 1.64 bits per heavy atom. The highest BCUT2D eigenvalue weighted by atomic mass is 32.2. The Labute approximate surface area is 200 Å². The van der Waals surface area contributed by atoms with Crippen LogP contribution in [-0.2, 0) is 35.0 Å². The minimum absolute atomic E-state index is 0.150. The first-order valence-corrected chi connectivity index (χ1v) is 13.4. The number of fused-ring (bicyclic) bond motifs is 2. The molecule has 0 amide bonds. The lowest BCUT2D eigenvalue weighted by atomic mass is 9.86. The largest absolute Gasteiger partial charge is 0.394 e. The van der Waals surface area contributed by atoms with Crippen molar-refractivity contribution in [2.45, 2.75) is 93.5 Å². The van der Waals surface area contributed by atoms with E-state index in [2.05, 4.69) is 6.92 Å². The summed E-state index contributed by atoms with van der Waals surface area (Å²) in [5, 5.41) is 10.2. The summed E-state index contributed by atoms with van der Waals surface area (Å²) in [7, 11) is 0. The van der Waals surface area contributed by atoms with Crippen LogP contribution in [0.3, 0.4) is 0 Å². The van der Waals surface area contributed by atoms with Gasteiger partial charge in [0.1, 0.15) is 29.9 Å². The molecule has 33 heavy (non-hydrogen) atoms. The van der Waals surface area contributed by atoms with Gasteiger partial charge >= 0.3 is 0 Å². The Kier molecular flexibility index (Phi) is 7.64. The number of aliphatic hydroxyl groups is 1. The highest BCUT2D eigenvalue weighted by molar-refractivity contribution is 7.99. The molecule has 4 saturated heterocycles. The maximum atomic E-state index is 10.2. The SMILES string of the molecule is CCS[C@@H]1O[C@H](CO)[C@H](OCc2ccccc2)[C@@H]2O[C@@]3(CCCCO3)[C@]3(CCCCO3)O[C@H]21. The molecule has 1 aromatic rings. The predicted molar refractivity (Wildman–Crippen MR) is 124 cm³/mol. The fourth-order valence-corrected chi connectivity index (χ4v) is 6.45. The molecule has 184 valence electrons. The Balaban J connectivity index is 1.46. The van der Waals surface area contributed by atoms with E-state index in [-0.39, 0.29) is 18.1 Å². The van der Waals surface area contributed by atoms with E-state index in [1.54, 1.807) is 11.8 Å². The van der Waals surface area contributed by atoms with Gasteiger partial charge in [0.15, 0.2) is 0 Å². The molecule has 0 unspecified atom stereocenters. The molecule has 8 heteroatoms. The van der Waals surface area contributed by atoms with Crippen LogP contribution in [0, 0.1) is 0 Å². The topological polar surface area (TPSA) is 75.6 Å². The fourth-order valence-electron chi connectivity index (χ4n) is 5.50. The van der Waals surface area contributed by atoms with E-state index in [9.17, 15) is 5.11 Å². The molecule has 4 heterocycles. The maximum absolute atomic E-state index is 10.2. The number of benzene rings is 1. The average Bonchev–Trinajstić information content (AvgIpc) is 2.86. The molecule has 2 spiro atoms. The molecular weight excluding hydrogens is 444 g/mol. The van der Waals surface area contributed by atoms with E-state index < -0.39 is 29.9 Å². The van der Waals surface area contributed by atoms with E-state index >= 15 is 0 Å². The quantitative estimate of drug-likeness (QED) is 0.662. The van der Waals surface area contributed by atoms with Crippen molar-refractivity contribution in [3.8, 4) is 0 Å². The second-order valence-corrected chi connectivity index (χ2v) is 10.6. The summed E-state index contributed by atoms with van der Waals surface area (Å²) >= 11 is 1.67. The van der Waals surface area contributed by atoms with Gasteiger partial charge in [0.25, 0.3) is 0 Å². The van der Waals surface area contributed by atoms with E-state index in [0.717, 1.165) is 49.8 Å². The third-order valence-electron chi connectivity index (χ3n) is 7.09. The first-order chi connectivity index (χ1) is 16.2. The first-order valence-electron chi connectivity index (χ1n) is 12.4. The van der Waals surface area contributed by atoms with Crippen molar-refractivity contribution < 1.29 is 33.5 Å². The fraction of sp³-hybridized carbons (Fsp3) is 0.760. The molecule has 0 radical (unpaired) electrons. The Morgan fingerprint density at radius 3 is 2.21 bits per heavy atom. The molecule has 4 fully saturated rings. The third kappa shape index (κ3) is 4.61. The smallest absolute Gasteiger partial charge is 0.224 e. The van der Waals surface area contributed by atoms with E-state index in [4.69, 9.17) is 28.4 Å². The summed E-state index contributed by atoms with van der Waals surface area (Å²) in [4.78, 5) is 0. The molecule has 4 aliphatic rings. The van der Waals surface area contributed by atoms with Gasteiger partial charge in [-0.15, -0.1) is 11.8 Å². The van der Waals surface area contributed by atoms with E-state index in [1.165, 1.54) is 0 Å². The molecule has 1 aromatic carbocycles. The Hall–Kier alpha value is -0.710. The van der Waals surface area contributed by atoms with Crippen LogP contribution in [0.25, 0.3) is 0 Å². The van der Waals surface area contributed by atoms with Crippen LogP contribution in [0.2, 0.25) is 0 Å². The lowest BCUT2D eigenvalue weighted by Crippen LogP contribution is -2.75. The van der Waals surface area contributed by atoms with Crippen LogP contribution in [0.15, 0.2) is 30.3 Å². The van der Waals surface area contributed by atoms with Crippen molar-refractivity contribution in [2.24, 2.45) is 0 Å². The van der Waals surface area contributed by atoms with Crippen molar-refractivity contribution in [3.05, 3.63) is 35.9 Å². The van der Waals surface area contributed by atoms with Gasteiger partial charge in [-0.3, -0.25) is 0 Å². The standard InChI is InChI=1S/C25H36O7S/c1-2-33-23-22-21(20(19(16-26)30-23)27-17-18-10-4-3-5-11-18)31-24(12-6-8-14-28-24)25(32-22)13-7-9-15-29-25/h3-5,10-11,19-23,26H,2,6-9,12-17H2,1H3/t19-,20+,21+,22-,23+,24+,25+/m1/s1. The Bertz CT molecular complexity index is 750. The molecule has 5 rings (SSSR count). The van der Waals surface area contributed by atoms with E-state index in [0.29, 0.717) is 19.8 Å². The molecule has 1 N–H and O–H groups in total. The van der Waals surface area contributed by atoms with Gasteiger partial charge in [0.05, 0.1) is 26.4 Å². The second kappa shape index (κ2) is 10.5. The summed E-state index contributed by atoms with van der Waals surface area (Å²) < 4.78 is 39.3. The molecule has 0 aromatic heterocycles. The van der Waals surface area contributed by atoms with Gasteiger partial charge in [0, 0.05) is 12.8 Å². The highest BCUT2D eigenvalue weighted by Crippen LogP contribution is 2.52. The van der Waals surface area contributed by atoms with Gasteiger partial charge < -0.3 is 33.5 Å². The maximum Gasteiger partial charge on any atom is 0.224 e. The number of aliphatic hydroxyl groups excluding tert-OH is 1. The van der Waals surface area contributed by atoms with Gasteiger partial charge in [0.2, 0.25) is 11.6 Å². The van der Waals surface area contributed by atoms with Crippen LogP contribution in [-0.4, -0.2) is 72.1 Å². The molecule has 7 nitrogen and oxygen atoms in total. The molecule has 7 atom stereocenters. The number of thioether (sulfide) groups is 1. The summed E-state index contributed by atoms with van der Waals surface area (Å²) in [5.41, 5.74) is 0.778. The summed E-state index contributed by atoms with van der Waals surface area (Å²) in [5.74, 6) is -1.03. The molecule has 4 aliphatic heterocycles. The minimum atomic E-state index is -0.958. The van der Waals surface area contributed by atoms with Crippen LogP contribution < -0.4 is 0 Å². The summed E-state index contributed by atoms with van der Waals surface area (Å²) in [6, 6.07) is 10.0. The number of hydrogen-bond donors (Lipinski definition) is 1. The monoisotopic (exact) mass is 480 g/mol. The number of rotatable bonds is 6. The molecule has 0 aliphatic carbocycles. The van der Waals surface area contributed by atoms with Crippen molar-refractivity contribution in [1.82, 2.24) is 0 Å². The molecule has 0 bridgehead atoms. The van der Waals surface area contributed by atoms with Crippen LogP contribution in [0.5, 0.6) is 0 Å². The van der Waals surface area contributed by atoms with E-state index in [1.807, 2.05) is 30.3 Å². The normalized spacial score (nSPS) is 41.2. The van der Waals surface area contributed by atoms with Crippen molar-refractivity contribution in [1.29, 1.82) is 0 Å². The number of hydrogen-bond acceptors (Lipinski definition) is 8. The van der Waals surface area contributed by atoms with Crippen molar-refractivity contribution in [2.75, 3.05) is 25.6 Å². The second-order valence-electron chi connectivity index (χ2n) is 9.22. The van der Waals surface area contributed by atoms with Crippen LogP contribution >= 0.6 is 11.8 Å². The third-order valence-corrected chi connectivity index (χ3v) is 8.13. The van der Waals surface area contributed by atoms with Gasteiger partial charge in [-0.1, -0.05) is 37.3 Å². The lowest BCUT2D eigenvalue weighted by Gasteiger charge is -2.61. The minimum Gasteiger partial charge on any atom is -0.394 e. The van der Waals surface area contributed by atoms with Crippen LogP contribution in [0.1, 0.15) is 51.0 Å². The average molecular weight is 481 g/mol. The van der Waals surface area contributed by atoms with Crippen molar-refractivity contribution >= 4 is 11.8 Å². The zero-order valence-corrected chi connectivity index (χ0v) is 20.2. The summed E-state index contributed by atoms with van der Waals surface area (Å²) in [6.07, 6.45) is 3.65. The molecular formula is C25H36O7S. The zero-order chi connectivity index (χ0) is 22.7. The Morgan fingerprint density at radius 1 is 0.970 bits per heavy atom. The predicted octanol–water partition coefficient (Wildman–Crippen LogP) is 3.62. The zero-order valence-electron chi connectivity index (χ0n) is 19.4. The van der Waals surface area contributed by atoms with Crippen molar-refractivity contribution in [3.63, 3.8) is 0 Å². The van der Waals surface area contributed by atoms with Gasteiger partial charge in [-0.05, 0) is 37.0 Å². The lowest BCUT2D eigenvalue weighted by molar-refractivity contribution is -0.497.